The maximum atomic E-state index is 13.2. The van der Waals surface area contributed by atoms with Crippen LogP contribution in [0.15, 0.2) is 84.9 Å². The number of hydrogen-bond donors (Lipinski definition) is 1. The standard InChI is InChI=1S/C24H24FNO2/c25-22-13-11-19(12-14-22)17-26(16-15-24(27)28)18-23(20-7-3-1-4-8-20)21-9-5-2-6-10-21/h1-14,23H,15-18H2,(H,27,28). The molecule has 0 heterocycles. The van der Waals surface area contributed by atoms with Crippen molar-refractivity contribution in [3.8, 4) is 0 Å². The second kappa shape index (κ2) is 9.81. The first kappa shape index (κ1) is 19.8. The second-order valence-electron chi connectivity index (χ2n) is 6.88. The summed E-state index contributed by atoms with van der Waals surface area (Å²) in [5.41, 5.74) is 3.34. The van der Waals surface area contributed by atoms with E-state index in [4.69, 9.17) is 5.11 Å². The molecule has 0 radical (unpaired) electrons. The van der Waals surface area contributed by atoms with Gasteiger partial charge in [-0.2, -0.15) is 0 Å². The van der Waals surface area contributed by atoms with E-state index < -0.39 is 5.97 Å². The molecule has 0 aliphatic heterocycles. The third kappa shape index (κ3) is 5.76. The molecule has 0 atom stereocenters. The summed E-state index contributed by atoms with van der Waals surface area (Å²) in [5.74, 6) is -0.969. The summed E-state index contributed by atoms with van der Waals surface area (Å²) in [5, 5.41) is 9.16. The predicted octanol–water partition coefficient (Wildman–Crippen LogP) is 4.93. The fourth-order valence-corrected chi connectivity index (χ4v) is 3.37. The summed E-state index contributed by atoms with van der Waals surface area (Å²) >= 11 is 0. The van der Waals surface area contributed by atoms with Crippen LogP contribution in [-0.4, -0.2) is 29.1 Å². The molecule has 0 amide bonds. The van der Waals surface area contributed by atoms with Crippen LogP contribution in [0.1, 0.15) is 29.0 Å². The van der Waals surface area contributed by atoms with Crippen molar-refractivity contribution in [2.45, 2.75) is 18.9 Å². The lowest BCUT2D eigenvalue weighted by molar-refractivity contribution is -0.137. The third-order valence-electron chi connectivity index (χ3n) is 4.81. The Hall–Kier alpha value is -2.98. The Labute approximate surface area is 165 Å². The Kier molecular flexibility index (Phi) is 6.93. The van der Waals surface area contributed by atoms with Crippen LogP contribution in [0.3, 0.4) is 0 Å². The summed E-state index contributed by atoms with van der Waals surface area (Å²) in [6, 6.07) is 26.9. The highest BCUT2D eigenvalue weighted by atomic mass is 19.1. The number of carboxylic acid groups (broad SMARTS) is 1. The van der Waals surface area contributed by atoms with E-state index in [9.17, 15) is 9.18 Å². The van der Waals surface area contributed by atoms with E-state index in [2.05, 4.69) is 29.2 Å². The Bertz CT molecular complexity index is 827. The highest BCUT2D eigenvalue weighted by molar-refractivity contribution is 5.66. The minimum atomic E-state index is -0.819. The van der Waals surface area contributed by atoms with Crippen molar-refractivity contribution in [1.82, 2.24) is 4.90 Å². The van der Waals surface area contributed by atoms with E-state index >= 15 is 0 Å². The van der Waals surface area contributed by atoms with Crippen molar-refractivity contribution in [3.63, 3.8) is 0 Å². The van der Waals surface area contributed by atoms with Gasteiger partial charge in [0.15, 0.2) is 0 Å². The summed E-state index contributed by atoms with van der Waals surface area (Å²) < 4.78 is 13.2. The predicted molar refractivity (Wildman–Crippen MR) is 109 cm³/mol. The molecule has 0 saturated heterocycles. The van der Waals surface area contributed by atoms with Crippen LogP contribution >= 0.6 is 0 Å². The number of nitrogens with zero attached hydrogens (tertiary/aromatic N) is 1. The molecule has 3 aromatic rings. The maximum Gasteiger partial charge on any atom is 0.304 e. The van der Waals surface area contributed by atoms with E-state index in [1.54, 1.807) is 12.1 Å². The van der Waals surface area contributed by atoms with Crippen molar-refractivity contribution >= 4 is 5.97 Å². The molecule has 3 rings (SSSR count). The molecule has 4 heteroatoms. The van der Waals surface area contributed by atoms with E-state index in [1.165, 1.54) is 23.3 Å². The molecule has 0 bridgehead atoms. The molecule has 3 nitrogen and oxygen atoms in total. The van der Waals surface area contributed by atoms with Gasteiger partial charge in [-0.25, -0.2) is 4.39 Å². The summed E-state index contributed by atoms with van der Waals surface area (Å²) in [4.78, 5) is 13.3. The van der Waals surface area contributed by atoms with Gasteiger partial charge in [0.25, 0.3) is 0 Å². The van der Waals surface area contributed by atoms with Crippen molar-refractivity contribution < 1.29 is 14.3 Å². The fourth-order valence-electron chi connectivity index (χ4n) is 3.37. The molecule has 0 aliphatic carbocycles. The van der Waals surface area contributed by atoms with Crippen molar-refractivity contribution in [2.75, 3.05) is 13.1 Å². The van der Waals surface area contributed by atoms with E-state index in [0.717, 1.165) is 5.56 Å². The molecule has 28 heavy (non-hydrogen) atoms. The molecule has 0 spiro atoms. The SMILES string of the molecule is O=C(O)CCN(Cc1ccc(F)cc1)CC(c1ccccc1)c1ccccc1. The highest BCUT2D eigenvalue weighted by Gasteiger charge is 2.19. The number of hydrogen-bond acceptors (Lipinski definition) is 2. The monoisotopic (exact) mass is 377 g/mol. The van der Waals surface area contributed by atoms with Gasteiger partial charge in [-0.3, -0.25) is 9.69 Å². The van der Waals surface area contributed by atoms with Crippen LogP contribution in [0, 0.1) is 5.82 Å². The molecule has 0 unspecified atom stereocenters. The Morgan fingerprint density at radius 1 is 0.857 bits per heavy atom. The van der Waals surface area contributed by atoms with Crippen LogP contribution in [0.4, 0.5) is 4.39 Å². The van der Waals surface area contributed by atoms with Gasteiger partial charge in [0.05, 0.1) is 6.42 Å². The second-order valence-corrected chi connectivity index (χ2v) is 6.88. The van der Waals surface area contributed by atoms with Crippen LogP contribution in [-0.2, 0) is 11.3 Å². The molecule has 0 aliphatic rings. The smallest absolute Gasteiger partial charge is 0.304 e. The molecule has 1 N–H and O–H groups in total. The topological polar surface area (TPSA) is 40.5 Å². The third-order valence-corrected chi connectivity index (χ3v) is 4.81. The summed E-state index contributed by atoms with van der Waals surface area (Å²) in [6.07, 6.45) is 0.0670. The largest absolute Gasteiger partial charge is 0.481 e. The van der Waals surface area contributed by atoms with Gasteiger partial charge in [-0.05, 0) is 28.8 Å². The normalized spacial score (nSPS) is 11.1. The minimum absolute atomic E-state index is 0.0670. The number of benzene rings is 3. The molecular weight excluding hydrogens is 353 g/mol. The summed E-state index contributed by atoms with van der Waals surface area (Å²) in [7, 11) is 0. The van der Waals surface area contributed by atoms with Crippen molar-refractivity contribution in [1.29, 1.82) is 0 Å². The number of carbonyl (C=O) groups is 1. The Morgan fingerprint density at radius 2 is 1.39 bits per heavy atom. The Balaban J connectivity index is 1.85. The lowest BCUT2D eigenvalue weighted by Gasteiger charge is -2.28. The molecule has 3 aromatic carbocycles. The zero-order chi connectivity index (χ0) is 19.8. The van der Waals surface area contributed by atoms with Crippen LogP contribution in [0.2, 0.25) is 0 Å². The van der Waals surface area contributed by atoms with Gasteiger partial charge in [0, 0.05) is 25.6 Å². The first-order chi connectivity index (χ1) is 13.6. The van der Waals surface area contributed by atoms with E-state index in [0.29, 0.717) is 19.6 Å². The minimum Gasteiger partial charge on any atom is -0.481 e. The number of halogens is 1. The van der Waals surface area contributed by atoms with Crippen LogP contribution < -0.4 is 0 Å². The van der Waals surface area contributed by atoms with E-state index in [1.807, 2.05) is 36.4 Å². The van der Waals surface area contributed by atoms with E-state index in [-0.39, 0.29) is 18.2 Å². The summed E-state index contributed by atoms with van der Waals surface area (Å²) in [6.45, 7) is 1.69. The van der Waals surface area contributed by atoms with Gasteiger partial charge in [-0.15, -0.1) is 0 Å². The van der Waals surface area contributed by atoms with Gasteiger partial charge in [-0.1, -0.05) is 72.8 Å². The van der Waals surface area contributed by atoms with Gasteiger partial charge in [0.1, 0.15) is 5.82 Å². The zero-order valence-electron chi connectivity index (χ0n) is 15.7. The fraction of sp³-hybridized carbons (Fsp3) is 0.208. The first-order valence-corrected chi connectivity index (χ1v) is 9.40. The van der Waals surface area contributed by atoms with Crippen LogP contribution in [0.5, 0.6) is 0 Å². The van der Waals surface area contributed by atoms with Crippen molar-refractivity contribution in [3.05, 3.63) is 107 Å². The van der Waals surface area contributed by atoms with Crippen LogP contribution in [0.25, 0.3) is 0 Å². The molecular formula is C24H24FNO2. The first-order valence-electron chi connectivity index (χ1n) is 9.40. The number of carboxylic acids is 1. The number of rotatable bonds is 9. The molecule has 0 fully saturated rings. The lowest BCUT2D eigenvalue weighted by Crippen LogP contribution is -2.31. The molecule has 0 saturated carbocycles. The molecule has 144 valence electrons. The van der Waals surface area contributed by atoms with Crippen molar-refractivity contribution in [2.24, 2.45) is 0 Å². The lowest BCUT2D eigenvalue weighted by atomic mass is 9.90. The number of aliphatic carboxylic acids is 1. The van der Waals surface area contributed by atoms with Gasteiger partial charge < -0.3 is 5.11 Å². The Morgan fingerprint density at radius 3 is 1.89 bits per heavy atom. The maximum absolute atomic E-state index is 13.2. The highest BCUT2D eigenvalue weighted by Crippen LogP contribution is 2.26. The van der Waals surface area contributed by atoms with Gasteiger partial charge in [0.2, 0.25) is 0 Å². The molecule has 0 aromatic heterocycles. The van der Waals surface area contributed by atoms with Gasteiger partial charge >= 0.3 is 5.97 Å². The average molecular weight is 377 g/mol. The average Bonchev–Trinajstić information content (AvgIpc) is 2.72. The quantitative estimate of drug-likeness (QED) is 0.574. The zero-order valence-corrected chi connectivity index (χ0v) is 15.7.